The fourth-order valence-electron chi connectivity index (χ4n) is 1.99. The van der Waals surface area contributed by atoms with Crippen LogP contribution in [0.25, 0.3) is 0 Å². The summed E-state index contributed by atoms with van der Waals surface area (Å²) in [5.74, 6) is 0. The van der Waals surface area contributed by atoms with Crippen molar-refractivity contribution in [2.45, 2.75) is 31.7 Å². The number of nitrogens with one attached hydrogen (secondary N) is 1. The van der Waals surface area contributed by atoms with Crippen molar-refractivity contribution in [1.29, 1.82) is 0 Å². The Labute approximate surface area is 116 Å². The van der Waals surface area contributed by atoms with Gasteiger partial charge in [0, 0.05) is 24.0 Å². The van der Waals surface area contributed by atoms with E-state index in [0.717, 1.165) is 26.2 Å². The number of benzene rings is 1. The van der Waals surface area contributed by atoms with E-state index in [2.05, 4.69) is 61.5 Å². The molecule has 0 aliphatic heterocycles. The van der Waals surface area contributed by atoms with E-state index in [-0.39, 0.29) is 0 Å². The van der Waals surface area contributed by atoms with Gasteiger partial charge < -0.3 is 10.2 Å². The maximum Gasteiger partial charge on any atom is 0.0292 e. The summed E-state index contributed by atoms with van der Waals surface area (Å²) in [5.41, 5.74) is 1.37. The van der Waals surface area contributed by atoms with Gasteiger partial charge in [-0.1, -0.05) is 26.0 Å². The standard InChI is InChI=1S/C15H26N2S/c1-5-17(6-2)12-11-16-13(3)14-7-9-15(18-4)10-8-14/h7-10,13,16H,5-6,11-12H2,1-4H3. The molecule has 0 heterocycles. The Hall–Kier alpha value is -0.510. The third kappa shape index (κ3) is 5.01. The molecule has 0 aliphatic rings. The Morgan fingerprint density at radius 1 is 1.17 bits per heavy atom. The molecule has 0 aromatic heterocycles. The lowest BCUT2D eigenvalue weighted by Gasteiger charge is -2.20. The first-order chi connectivity index (χ1) is 8.71. The molecule has 3 heteroatoms. The summed E-state index contributed by atoms with van der Waals surface area (Å²) >= 11 is 1.79. The molecular formula is C15H26N2S. The van der Waals surface area contributed by atoms with Crippen LogP contribution in [0.1, 0.15) is 32.4 Å². The van der Waals surface area contributed by atoms with Gasteiger partial charge in [0.15, 0.2) is 0 Å². The maximum absolute atomic E-state index is 3.59. The molecule has 0 aliphatic carbocycles. The Bertz CT molecular complexity index is 320. The molecule has 0 saturated carbocycles. The summed E-state index contributed by atoms with van der Waals surface area (Å²) in [6, 6.07) is 9.27. The van der Waals surface area contributed by atoms with E-state index in [1.165, 1.54) is 10.5 Å². The minimum absolute atomic E-state index is 0.427. The summed E-state index contributed by atoms with van der Waals surface area (Å²) < 4.78 is 0. The minimum Gasteiger partial charge on any atom is -0.309 e. The van der Waals surface area contributed by atoms with Gasteiger partial charge in [-0.25, -0.2) is 0 Å². The summed E-state index contributed by atoms with van der Waals surface area (Å²) in [5, 5.41) is 3.59. The third-order valence-corrected chi connectivity index (χ3v) is 4.13. The lowest BCUT2D eigenvalue weighted by Crippen LogP contribution is -2.33. The molecule has 18 heavy (non-hydrogen) atoms. The van der Waals surface area contributed by atoms with Crippen LogP contribution < -0.4 is 5.32 Å². The highest BCUT2D eigenvalue weighted by atomic mass is 32.2. The fraction of sp³-hybridized carbons (Fsp3) is 0.600. The third-order valence-electron chi connectivity index (χ3n) is 3.39. The smallest absolute Gasteiger partial charge is 0.0292 e. The SMILES string of the molecule is CCN(CC)CCNC(C)c1ccc(SC)cc1. The van der Waals surface area contributed by atoms with Crippen LogP contribution in [0.15, 0.2) is 29.2 Å². The molecule has 1 atom stereocenters. The Balaban J connectivity index is 2.37. The normalized spacial score (nSPS) is 12.9. The number of hydrogen-bond donors (Lipinski definition) is 1. The second-order valence-electron chi connectivity index (χ2n) is 4.48. The molecule has 0 bridgehead atoms. The first kappa shape index (κ1) is 15.5. The van der Waals surface area contributed by atoms with E-state index in [0.29, 0.717) is 6.04 Å². The molecule has 1 N–H and O–H groups in total. The molecule has 0 spiro atoms. The zero-order valence-electron chi connectivity index (χ0n) is 12.1. The first-order valence-electron chi connectivity index (χ1n) is 6.80. The molecule has 0 amide bonds. The van der Waals surface area contributed by atoms with Crippen LogP contribution in [0.5, 0.6) is 0 Å². The van der Waals surface area contributed by atoms with Crippen LogP contribution in [-0.2, 0) is 0 Å². The zero-order valence-corrected chi connectivity index (χ0v) is 12.9. The van der Waals surface area contributed by atoms with Gasteiger partial charge in [0.1, 0.15) is 0 Å². The highest BCUT2D eigenvalue weighted by molar-refractivity contribution is 7.98. The van der Waals surface area contributed by atoms with Crippen molar-refractivity contribution in [3.05, 3.63) is 29.8 Å². The molecule has 0 fully saturated rings. The molecule has 1 aromatic carbocycles. The zero-order chi connectivity index (χ0) is 13.4. The fourth-order valence-corrected chi connectivity index (χ4v) is 2.40. The van der Waals surface area contributed by atoms with Gasteiger partial charge in [-0.3, -0.25) is 0 Å². The summed E-state index contributed by atoms with van der Waals surface area (Å²) in [6.45, 7) is 11.1. The number of likely N-dealkylation sites (N-methyl/N-ethyl adjacent to an activating group) is 1. The van der Waals surface area contributed by atoms with E-state index in [4.69, 9.17) is 0 Å². The van der Waals surface area contributed by atoms with Gasteiger partial charge in [0.05, 0.1) is 0 Å². The number of thioether (sulfide) groups is 1. The van der Waals surface area contributed by atoms with Gasteiger partial charge in [-0.05, 0) is 44.0 Å². The molecule has 0 saturated heterocycles. The van der Waals surface area contributed by atoms with Crippen molar-refractivity contribution in [1.82, 2.24) is 10.2 Å². The molecule has 0 radical (unpaired) electrons. The maximum atomic E-state index is 3.59. The van der Waals surface area contributed by atoms with Crippen LogP contribution in [0.4, 0.5) is 0 Å². The molecule has 1 aromatic rings. The molecule has 2 nitrogen and oxygen atoms in total. The largest absolute Gasteiger partial charge is 0.309 e. The second-order valence-corrected chi connectivity index (χ2v) is 5.36. The molecule has 1 unspecified atom stereocenters. The van der Waals surface area contributed by atoms with Crippen molar-refractivity contribution >= 4 is 11.8 Å². The van der Waals surface area contributed by atoms with Gasteiger partial charge in [0.25, 0.3) is 0 Å². The molecule has 102 valence electrons. The monoisotopic (exact) mass is 266 g/mol. The first-order valence-corrected chi connectivity index (χ1v) is 8.03. The van der Waals surface area contributed by atoms with Gasteiger partial charge in [0.2, 0.25) is 0 Å². The average Bonchev–Trinajstić information content (AvgIpc) is 2.43. The molecule has 1 rings (SSSR count). The summed E-state index contributed by atoms with van der Waals surface area (Å²) in [4.78, 5) is 3.77. The highest BCUT2D eigenvalue weighted by Gasteiger charge is 2.05. The van der Waals surface area contributed by atoms with Crippen molar-refractivity contribution in [3.63, 3.8) is 0 Å². The van der Waals surface area contributed by atoms with Crippen LogP contribution in [0.3, 0.4) is 0 Å². The predicted molar refractivity (Wildman–Crippen MR) is 82.4 cm³/mol. The summed E-state index contributed by atoms with van der Waals surface area (Å²) in [6.07, 6.45) is 2.11. The van der Waals surface area contributed by atoms with E-state index in [1.807, 2.05) is 0 Å². The number of nitrogens with zero attached hydrogens (tertiary/aromatic N) is 1. The van der Waals surface area contributed by atoms with Gasteiger partial charge >= 0.3 is 0 Å². The van der Waals surface area contributed by atoms with Crippen LogP contribution >= 0.6 is 11.8 Å². The van der Waals surface area contributed by atoms with Crippen molar-refractivity contribution in [2.75, 3.05) is 32.4 Å². The quantitative estimate of drug-likeness (QED) is 0.726. The predicted octanol–water partition coefficient (Wildman–Crippen LogP) is 3.40. The van der Waals surface area contributed by atoms with Gasteiger partial charge in [-0.15, -0.1) is 11.8 Å². The molecular weight excluding hydrogens is 240 g/mol. The lowest BCUT2D eigenvalue weighted by molar-refractivity contribution is 0.298. The Morgan fingerprint density at radius 3 is 2.28 bits per heavy atom. The topological polar surface area (TPSA) is 15.3 Å². The van der Waals surface area contributed by atoms with E-state index in [1.54, 1.807) is 11.8 Å². The van der Waals surface area contributed by atoms with E-state index < -0.39 is 0 Å². The van der Waals surface area contributed by atoms with E-state index in [9.17, 15) is 0 Å². The minimum atomic E-state index is 0.427. The van der Waals surface area contributed by atoms with Crippen LogP contribution in [0.2, 0.25) is 0 Å². The van der Waals surface area contributed by atoms with Crippen LogP contribution in [0, 0.1) is 0 Å². The number of hydrogen-bond acceptors (Lipinski definition) is 3. The summed E-state index contributed by atoms with van der Waals surface area (Å²) in [7, 11) is 0. The van der Waals surface area contributed by atoms with Crippen molar-refractivity contribution in [3.8, 4) is 0 Å². The Kier molecular flexibility index (Phi) is 7.40. The van der Waals surface area contributed by atoms with Crippen molar-refractivity contribution in [2.24, 2.45) is 0 Å². The average molecular weight is 266 g/mol. The van der Waals surface area contributed by atoms with E-state index >= 15 is 0 Å². The lowest BCUT2D eigenvalue weighted by atomic mass is 10.1. The van der Waals surface area contributed by atoms with Crippen LogP contribution in [-0.4, -0.2) is 37.3 Å². The second kappa shape index (κ2) is 8.57. The highest BCUT2D eigenvalue weighted by Crippen LogP contribution is 2.18. The van der Waals surface area contributed by atoms with Gasteiger partial charge in [-0.2, -0.15) is 0 Å². The van der Waals surface area contributed by atoms with Crippen molar-refractivity contribution < 1.29 is 0 Å². The number of rotatable bonds is 8. The Morgan fingerprint density at radius 2 is 1.78 bits per heavy atom.